The van der Waals surface area contributed by atoms with E-state index in [1.54, 1.807) is 41.5 Å². The Bertz CT molecular complexity index is 730. The Kier molecular flexibility index (Phi) is 6.34. The van der Waals surface area contributed by atoms with Gasteiger partial charge in [-0.05, 0) is 32.9 Å². The largest absolute Gasteiger partial charge is 0.461 e. The zero-order valence-electron chi connectivity index (χ0n) is 13.8. The molecule has 0 aliphatic heterocycles. The maximum atomic E-state index is 12.8. The van der Waals surface area contributed by atoms with E-state index < -0.39 is 5.97 Å². The minimum atomic E-state index is -0.450. The van der Waals surface area contributed by atoms with Gasteiger partial charge in [0, 0.05) is 11.4 Å². The van der Waals surface area contributed by atoms with Crippen LogP contribution in [0, 0.1) is 0 Å². The number of rotatable bonds is 6. The van der Waals surface area contributed by atoms with Gasteiger partial charge in [0.25, 0.3) is 5.91 Å². The lowest BCUT2D eigenvalue weighted by atomic mass is 10.1. The number of carbonyl (C=O) groups excluding carboxylic acids is 2. The smallest absolute Gasteiger partial charge is 0.357 e. The van der Waals surface area contributed by atoms with Crippen LogP contribution in [0.5, 0.6) is 0 Å². The van der Waals surface area contributed by atoms with E-state index in [1.165, 1.54) is 11.3 Å². The van der Waals surface area contributed by atoms with E-state index in [1.807, 2.05) is 13.8 Å². The van der Waals surface area contributed by atoms with Crippen LogP contribution in [0.2, 0.25) is 5.02 Å². The molecule has 0 unspecified atom stereocenters. The molecule has 7 heteroatoms. The van der Waals surface area contributed by atoms with E-state index in [-0.39, 0.29) is 17.6 Å². The Morgan fingerprint density at radius 1 is 1.33 bits per heavy atom. The summed E-state index contributed by atoms with van der Waals surface area (Å²) in [6.45, 7) is 6.21. The van der Waals surface area contributed by atoms with Crippen LogP contribution < -0.4 is 0 Å². The minimum absolute atomic E-state index is 0.0382. The second-order valence-electron chi connectivity index (χ2n) is 5.35. The number of nitrogens with zero attached hydrogens (tertiary/aromatic N) is 2. The number of ether oxygens (including phenoxy) is 1. The predicted octanol–water partition coefficient (Wildman–Crippen LogP) is 4.02. The molecule has 24 heavy (non-hydrogen) atoms. The second-order valence-corrected chi connectivity index (χ2v) is 6.70. The van der Waals surface area contributed by atoms with Crippen molar-refractivity contribution < 1.29 is 14.3 Å². The number of aromatic nitrogens is 1. The van der Waals surface area contributed by atoms with Crippen molar-refractivity contribution in [3.05, 3.63) is 50.9 Å². The van der Waals surface area contributed by atoms with Gasteiger partial charge in [0.2, 0.25) is 0 Å². The lowest BCUT2D eigenvalue weighted by Crippen LogP contribution is -2.36. The number of esters is 1. The van der Waals surface area contributed by atoms with Crippen molar-refractivity contribution in [3.8, 4) is 0 Å². The third-order valence-electron chi connectivity index (χ3n) is 3.33. The van der Waals surface area contributed by atoms with E-state index in [9.17, 15) is 9.59 Å². The molecule has 0 saturated heterocycles. The van der Waals surface area contributed by atoms with Gasteiger partial charge in [-0.2, -0.15) is 0 Å². The highest BCUT2D eigenvalue weighted by atomic mass is 35.5. The highest BCUT2D eigenvalue weighted by molar-refractivity contribution is 7.09. The third-order valence-corrected chi connectivity index (χ3v) is 4.49. The maximum Gasteiger partial charge on any atom is 0.357 e. The van der Waals surface area contributed by atoms with Crippen LogP contribution in [0.25, 0.3) is 0 Å². The molecule has 0 atom stereocenters. The first-order chi connectivity index (χ1) is 11.4. The van der Waals surface area contributed by atoms with Gasteiger partial charge >= 0.3 is 5.97 Å². The molecule has 1 aromatic carbocycles. The molecule has 0 saturated carbocycles. The Hall–Kier alpha value is -1.92. The molecular formula is C17H19ClN2O3S. The fraction of sp³-hybridized carbons (Fsp3) is 0.353. The lowest BCUT2D eigenvalue weighted by molar-refractivity contribution is 0.0520. The van der Waals surface area contributed by atoms with Gasteiger partial charge in [-0.25, -0.2) is 9.78 Å². The summed E-state index contributed by atoms with van der Waals surface area (Å²) in [6.07, 6.45) is 0. The number of halogens is 1. The average Bonchev–Trinajstić information content (AvgIpc) is 3.01. The van der Waals surface area contributed by atoms with E-state index >= 15 is 0 Å². The fourth-order valence-electron chi connectivity index (χ4n) is 2.11. The van der Waals surface area contributed by atoms with Gasteiger partial charge in [-0.1, -0.05) is 23.7 Å². The number of hydrogen-bond donors (Lipinski definition) is 0. The summed E-state index contributed by atoms with van der Waals surface area (Å²) in [4.78, 5) is 30.4. The maximum absolute atomic E-state index is 12.8. The summed E-state index contributed by atoms with van der Waals surface area (Å²) >= 11 is 7.46. The number of hydrogen-bond acceptors (Lipinski definition) is 5. The van der Waals surface area contributed by atoms with Crippen molar-refractivity contribution in [2.24, 2.45) is 0 Å². The molecule has 1 amide bonds. The molecule has 1 heterocycles. The summed E-state index contributed by atoms with van der Waals surface area (Å²) in [7, 11) is 0. The molecule has 0 aliphatic carbocycles. The van der Waals surface area contributed by atoms with E-state index in [2.05, 4.69) is 4.98 Å². The normalized spacial score (nSPS) is 10.7. The first-order valence-electron chi connectivity index (χ1n) is 7.61. The molecule has 2 aromatic rings. The van der Waals surface area contributed by atoms with Crippen molar-refractivity contribution in [2.75, 3.05) is 6.61 Å². The van der Waals surface area contributed by atoms with Crippen LogP contribution in [0.15, 0.2) is 29.6 Å². The van der Waals surface area contributed by atoms with Crippen molar-refractivity contribution in [1.29, 1.82) is 0 Å². The van der Waals surface area contributed by atoms with E-state index in [0.717, 1.165) is 0 Å². The van der Waals surface area contributed by atoms with Crippen LogP contribution in [0.1, 0.15) is 46.6 Å². The topological polar surface area (TPSA) is 59.5 Å². The molecule has 2 rings (SSSR count). The molecule has 0 fully saturated rings. The van der Waals surface area contributed by atoms with Gasteiger partial charge in [0.05, 0.1) is 23.7 Å². The Morgan fingerprint density at radius 3 is 2.67 bits per heavy atom. The number of amides is 1. The molecule has 5 nitrogen and oxygen atoms in total. The van der Waals surface area contributed by atoms with Gasteiger partial charge < -0.3 is 9.64 Å². The quantitative estimate of drug-likeness (QED) is 0.724. The SMILES string of the molecule is CCOC(=O)c1csc(CN(C(=O)c2ccccc2Cl)C(C)C)n1. The average molecular weight is 367 g/mol. The molecule has 0 spiro atoms. The van der Waals surface area contributed by atoms with Gasteiger partial charge in [-0.3, -0.25) is 4.79 Å². The summed E-state index contributed by atoms with van der Waals surface area (Å²) < 4.78 is 4.93. The monoisotopic (exact) mass is 366 g/mol. The predicted molar refractivity (Wildman–Crippen MR) is 94.5 cm³/mol. The van der Waals surface area contributed by atoms with Crippen molar-refractivity contribution >= 4 is 34.8 Å². The zero-order valence-corrected chi connectivity index (χ0v) is 15.4. The van der Waals surface area contributed by atoms with Gasteiger partial charge in [0.1, 0.15) is 5.01 Å². The fourth-order valence-corrected chi connectivity index (χ4v) is 3.08. The summed E-state index contributed by atoms with van der Waals surface area (Å²) in [5.41, 5.74) is 0.723. The number of thiazole rings is 1. The van der Waals surface area contributed by atoms with Gasteiger partial charge in [0.15, 0.2) is 5.69 Å². The first-order valence-corrected chi connectivity index (χ1v) is 8.86. The highest BCUT2D eigenvalue weighted by Crippen LogP contribution is 2.21. The lowest BCUT2D eigenvalue weighted by Gasteiger charge is -2.26. The Morgan fingerprint density at radius 2 is 2.04 bits per heavy atom. The molecular weight excluding hydrogens is 348 g/mol. The van der Waals surface area contributed by atoms with Crippen molar-refractivity contribution in [3.63, 3.8) is 0 Å². The summed E-state index contributed by atoms with van der Waals surface area (Å²) in [5, 5.41) is 2.73. The summed E-state index contributed by atoms with van der Waals surface area (Å²) in [5.74, 6) is -0.614. The Balaban J connectivity index is 2.19. The minimum Gasteiger partial charge on any atom is -0.461 e. The van der Waals surface area contributed by atoms with Crippen LogP contribution >= 0.6 is 22.9 Å². The van der Waals surface area contributed by atoms with E-state index in [0.29, 0.717) is 28.7 Å². The number of carbonyl (C=O) groups is 2. The zero-order chi connectivity index (χ0) is 17.7. The third kappa shape index (κ3) is 4.33. The molecule has 128 valence electrons. The van der Waals surface area contributed by atoms with Crippen LogP contribution in [-0.4, -0.2) is 34.4 Å². The molecule has 0 aliphatic rings. The molecule has 0 N–H and O–H groups in total. The van der Waals surface area contributed by atoms with Crippen molar-refractivity contribution in [1.82, 2.24) is 9.88 Å². The standard InChI is InChI=1S/C17H19ClN2O3S/c1-4-23-17(22)14-10-24-15(19-14)9-20(11(2)3)16(21)12-7-5-6-8-13(12)18/h5-8,10-11H,4,9H2,1-3H3. The highest BCUT2D eigenvalue weighted by Gasteiger charge is 2.23. The second kappa shape index (κ2) is 8.26. The molecule has 0 bridgehead atoms. The van der Waals surface area contributed by atoms with Crippen molar-refractivity contribution in [2.45, 2.75) is 33.4 Å². The Labute approximate surface area is 150 Å². The van der Waals surface area contributed by atoms with Crippen LogP contribution in [-0.2, 0) is 11.3 Å². The van der Waals surface area contributed by atoms with Crippen LogP contribution in [0.3, 0.4) is 0 Å². The van der Waals surface area contributed by atoms with Gasteiger partial charge in [-0.15, -0.1) is 11.3 Å². The van der Waals surface area contributed by atoms with Crippen LogP contribution in [0.4, 0.5) is 0 Å². The molecule has 1 aromatic heterocycles. The number of benzene rings is 1. The summed E-state index contributed by atoms with van der Waals surface area (Å²) in [6, 6.07) is 6.91. The first kappa shape index (κ1) is 18.4. The molecule has 0 radical (unpaired) electrons. The van der Waals surface area contributed by atoms with E-state index in [4.69, 9.17) is 16.3 Å².